The third-order valence-corrected chi connectivity index (χ3v) is 6.64. The molecule has 0 aliphatic heterocycles. The molecule has 0 saturated heterocycles. The second kappa shape index (κ2) is 7.84. The Kier molecular flexibility index (Phi) is 5.69. The summed E-state index contributed by atoms with van der Waals surface area (Å²) in [5.41, 5.74) is 8.54. The Hall–Kier alpha value is -2.15. The molecule has 0 radical (unpaired) electrons. The van der Waals surface area contributed by atoms with E-state index in [4.69, 9.17) is 10.7 Å². The molecule has 7 heteroatoms. The average molecular weight is 389 g/mol. The van der Waals surface area contributed by atoms with Crippen molar-refractivity contribution in [3.63, 3.8) is 0 Å². The van der Waals surface area contributed by atoms with Crippen LogP contribution in [0.4, 0.5) is 5.82 Å². The van der Waals surface area contributed by atoms with Gasteiger partial charge in [0.25, 0.3) is 0 Å². The van der Waals surface area contributed by atoms with Crippen molar-refractivity contribution >= 4 is 37.6 Å². The average Bonchev–Trinajstić information content (AvgIpc) is 2.96. The molecule has 0 unspecified atom stereocenters. The van der Waals surface area contributed by atoms with Crippen molar-refractivity contribution in [2.75, 3.05) is 17.2 Å². The van der Waals surface area contributed by atoms with Crippen LogP contribution in [0.15, 0.2) is 24.3 Å². The maximum absolute atomic E-state index is 12.5. The van der Waals surface area contributed by atoms with Crippen LogP contribution in [-0.2, 0) is 22.8 Å². The lowest BCUT2D eigenvalue weighted by atomic mass is 10.2. The summed E-state index contributed by atoms with van der Waals surface area (Å²) in [7, 11) is -3.12. The number of para-hydroxylation sites is 1. The monoisotopic (exact) mass is 388 g/mol. The minimum Gasteiger partial charge on any atom is -0.382 e. The smallest absolute Gasteiger partial charge is 0.152 e. The Morgan fingerprint density at radius 2 is 1.93 bits per heavy atom. The second-order valence-electron chi connectivity index (χ2n) is 7.50. The van der Waals surface area contributed by atoms with E-state index in [9.17, 15) is 8.42 Å². The fraction of sp³-hybridized carbons (Fsp3) is 0.500. The van der Waals surface area contributed by atoms with E-state index in [0.29, 0.717) is 17.9 Å². The van der Waals surface area contributed by atoms with E-state index in [1.807, 2.05) is 42.7 Å². The number of nitrogen functional groups attached to an aromatic ring is 1. The highest BCUT2D eigenvalue weighted by atomic mass is 32.2. The standard InChI is InChI=1S/C20H28N4O2S/c1-4-5-10-17-23-18-19(15-8-6-7-9-16(15)22-20(18)21)24(17)11-12-27(25,26)13-14(2)3/h6-9,14H,4-5,10-13H2,1-3H3,(H2,21,22). The number of anilines is 1. The first kappa shape index (κ1) is 19.6. The Morgan fingerprint density at radius 3 is 2.63 bits per heavy atom. The maximum Gasteiger partial charge on any atom is 0.152 e. The van der Waals surface area contributed by atoms with Crippen LogP contribution in [0.3, 0.4) is 0 Å². The zero-order valence-corrected chi connectivity index (χ0v) is 17.1. The molecule has 0 spiro atoms. The lowest BCUT2D eigenvalue weighted by molar-refractivity contribution is 0.574. The normalized spacial score (nSPS) is 12.4. The molecule has 0 amide bonds. The van der Waals surface area contributed by atoms with Crippen LogP contribution in [0.1, 0.15) is 39.4 Å². The molecule has 0 fully saturated rings. The number of rotatable bonds is 8. The Morgan fingerprint density at radius 1 is 1.19 bits per heavy atom. The van der Waals surface area contributed by atoms with Gasteiger partial charge in [0, 0.05) is 18.4 Å². The van der Waals surface area contributed by atoms with Gasteiger partial charge in [0.1, 0.15) is 11.3 Å². The number of fused-ring (bicyclic) bond motifs is 3. The van der Waals surface area contributed by atoms with Crippen LogP contribution in [0.5, 0.6) is 0 Å². The van der Waals surface area contributed by atoms with Gasteiger partial charge in [-0.2, -0.15) is 0 Å². The molecule has 1 aromatic carbocycles. The fourth-order valence-electron chi connectivity index (χ4n) is 3.49. The molecule has 3 aromatic rings. The van der Waals surface area contributed by atoms with Gasteiger partial charge in [-0.15, -0.1) is 0 Å². The summed E-state index contributed by atoms with van der Waals surface area (Å²) in [6, 6.07) is 7.79. The van der Waals surface area contributed by atoms with Crippen molar-refractivity contribution in [2.45, 2.75) is 46.6 Å². The molecule has 2 N–H and O–H groups in total. The quantitative estimate of drug-likeness (QED) is 0.637. The van der Waals surface area contributed by atoms with Crippen molar-refractivity contribution in [2.24, 2.45) is 5.92 Å². The third-order valence-electron chi connectivity index (χ3n) is 4.66. The number of imidazole rings is 1. The van der Waals surface area contributed by atoms with Crippen LogP contribution in [0.25, 0.3) is 21.9 Å². The summed E-state index contributed by atoms with van der Waals surface area (Å²) < 4.78 is 27.0. The number of unbranched alkanes of at least 4 members (excludes halogenated alkanes) is 1. The SMILES string of the molecule is CCCCc1nc2c(N)nc3ccccc3c2n1CCS(=O)(=O)CC(C)C. The molecule has 6 nitrogen and oxygen atoms in total. The van der Waals surface area contributed by atoms with Crippen LogP contribution in [0.2, 0.25) is 0 Å². The van der Waals surface area contributed by atoms with Gasteiger partial charge in [-0.05, 0) is 18.4 Å². The van der Waals surface area contributed by atoms with Gasteiger partial charge >= 0.3 is 0 Å². The van der Waals surface area contributed by atoms with E-state index in [1.54, 1.807) is 0 Å². The van der Waals surface area contributed by atoms with Gasteiger partial charge < -0.3 is 10.3 Å². The van der Waals surface area contributed by atoms with Crippen molar-refractivity contribution in [3.05, 3.63) is 30.1 Å². The number of nitrogens with zero attached hydrogens (tertiary/aromatic N) is 3. The highest BCUT2D eigenvalue weighted by molar-refractivity contribution is 7.91. The minimum absolute atomic E-state index is 0.103. The molecule has 2 heterocycles. The lowest BCUT2D eigenvalue weighted by Gasteiger charge is -2.12. The highest BCUT2D eigenvalue weighted by Crippen LogP contribution is 2.29. The molecule has 0 bridgehead atoms. The number of sulfone groups is 1. The Labute approximate surface area is 160 Å². The van der Waals surface area contributed by atoms with Crippen LogP contribution in [0, 0.1) is 5.92 Å². The van der Waals surface area contributed by atoms with Crippen molar-refractivity contribution in [3.8, 4) is 0 Å². The van der Waals surface area contributed by atoms with Crippen LogP contribution in [-0.4, -0.2) is 34.5 Å². The molecule has 146 valence electrons. The minimum atomic E-state index is -3.12. The molecule has 0 aliphatic carbocycles. The number of aromatic nitrogens is 3. The van der Waals surface area contributed by atoms with E-state index in [-0.39, 0.29) is 17.4 Å². The molecule has 0 saturated carbocycles. The molecule has 3 rings (SSSR count). The summed E-state index contributed by atoms with van der Waals surface area (Å²) in [5, 5.41) is 0.957. The van der Waals surface area contributed by atoms with Crippen LogP contribution < -0.4 is 5.73 Å². The van der Waals surface area contributed by atoms with Crippen LogP contribution >= 0.6 is 0 Å². The van der Waals surface area contributed by atoms with Gasteiger partial charge in [-0.3, -0.25) is 0 Å². The van der Waals surface area contributed by atoms with E-state index in [1.165, 1.54) is 0 Å². The topological polar surface area (TPSA) is 90.9 Å². The van der Waals surface area contributed by atoms with E-state index in [2.05, 4.69) is 11.9 Å². The van der Waals surface area contributed by atoms with Gasteiger partial charge in [-0.25, -0.2) is 18.4 Å². The number of benzene rings is 1. The first-order chi connectivity index (χ1) is 12.8. The van der Waals surface area contributed by atoms with E-state index in [0.717, 1.165) is 41.5 Å². The predicted octanol–water partition coefficient (Wildman–Crippen LogP) is 3.58. The zero-order valence-electron chi connectivity index (χ0n) is 16.3. The third kappa shape index (κ3) is 4.24. The molecule has 2 aromatic heterocycles. The van der Waals surface area contributed by atoms with E-state index < -0.39 is 9.84 Å². The van der Waals surface area contributed by atoms with Crippen molar-refractivity contribution in [1.82, 2.24) is 14.5 Å². The first-order valence-electron chi connectivity index (χ1n) is 9.56. The van der Waals surface area contributed by atoms with Gasteiger partial charge in [-0.1, -0.05) is 45.4 Å². The largest absolute Gasteiger partial charge is 0.382 e. The predicted molar refractivity (Wildman–Crippen MR) is 112 cm³/mol. The lowest BCUT2D eigenvalue weighted by Crippen LogP contribution is -2.20. The summed E-state index contributed by atoms with van der Waals surface area (Å²) >= 11 is 0. The number of hydrogen-bond acceptors (Lipinski definition) is 5. The molecule has 0 aliphatic rings. The van der Waals surface area contributed by atoms with Gasteiger partial charge in [0.2, 0.25) is 0 Å². The second-order valence-corrected chi connectivity index (χ2v) is 9.73. The highest BCUT2D eigenvalue weighted by Gasteiger charge is 2.20. The van der Waals surface area contributed by atoms with Crippen molar-refractivity contribution in [1.29, 1.82) is 0 Å². The van der Waals surface area contributed by atoms with Gasteiger partial charge in [0.15, 0.2) is 15.7 Å². The van der Waals surface area contributed by atoms with Crippen molar-refractivity contribution < 1.29 is 8.42 Å². The molecule has 27 heavy (non-hydrogen) atoms. The zero-order chi connectivity index (χ0) is 19.6. The molecule has 0 atom stereocenters. The Bertz CT molecular complexity index is 1050. The molecular weight excluding hydrogens is 360 g/mol. The summed E-state index contributed by atoms with van der Waals surface area (Å²) in [4.78, 5) is 9.21. The van der Waals surface area contributed by atoms with E-state index >= 15 is 0 Å². The maximum atomic E-state index is 12.5. The fourth-order valence-corrected chi connectivity index (χ4v) is 5.14. The first-order valence-corrected chi connectivity index (χ1v) is 11.4. The number of nitrogens with two attached hydrogens (primary N) is 1. The molecular formula is C20H28N4O2S. The number of hydrogen-bond donors (Lipinski definition) is 1. The summed E-state index contributed by atoms with van der Waals surface area (Å²) in [5.74, 6) is 1.71. The number of pyridine rings is 1. The summed E-state index contributed by atoms with van der Waals surface area (Å²) in [6.07, 6.45) is 2.83. The van der Waals surface area contributed by atoms with Gasteiger partial charge in [0.05, 0.1) is 22.5 Å². The number of aryl methyl sites for hydroxylation is 2. The summed E-state index contributed by atoms with van der Waals surface area (Å²) in [6.45, 7) is 6.37. The Balaban J connectivity index is 2.12.